The lowest BCUT2D eigenvalue weighted by Crippen LogP contribution is -2.50. The number of benzene rings is 1. The molecule has 2 rings (SSSR count). The molecular formula is C18H24F3N3O4. The Morgan fingerprint density at radius 2 is 1.89 bits per heavy atom. The number of hydrogen-bond donors (Lipinski definition) is 4. The number of carbonyl (C=O) groups excluding carboxylic acids is 2. The summed E-state index contributed by atoms with van der Waals surface area (Å²) in [4.78, 5) is 23.0. The van der Waals surface area contributed by atoms with Gasteiger partial charge in [0.15, 0.2) is 0 Å². The first kappa shape index (κ1) is 22.0. The molecule has 3 atom stereocenters. The van der Waals surface area contributed by atoms with Crippen molar-refractivity contribution in [2.45, 2.75) is 50.6 Å². The molecule has 1 aliphatic heterocycles. The zero-order valence-electron chi connectivity index (χ0n) is 15.4. The number of aliphatic hydroxyl groups is 1. The summed E-state index contributed by atoms with van der Waals surface area (Å²) in [5, 5.41) is 17.2. The normalized spacial score (nSPS) is 22.4. The van der Waals surface area contributed by atoms with Gasteiger partial charge in [-0.1, -0.05) is 0 Å². The van der Waals surface area contributed by atoms with E-state index in [1.54, 1.807) is 0 Å². The number of anilines is 1. The van der Waals surface area contributed by atoms with Gasteiger partial charge in [-0.15, -0.1) is 0 Å². The fraction of sp³-hybridized carbons (Fsp3) is 0.556. The zero-order valence-corrected chi connectivity index (χ0v) is 15.4. The lowest BCUT2D eigenvalue weighted by Gasteiger charge is -2.36. The van der Waals surface area contributed by atoms with Crippen molar-refractivity contribution in [3.8, 4) is 0 Å². The van der Waals surface area contributed by atoms with E-state index < -0.39 is 23.9 Å². The van der Waals surface area contributed by atoms with Gasteiger partial charge < -0.3 is 25.8 Å². The number of urea groups is 1. The van der Waals surface area contributed by atoms with Crippen molar-refractivity contribution in [2.75, 3.05) is 18.5 Å². The fourth-order valence-corrected chi connectivity index (χ4v) is 3.03. The molecule has 0 unspecified atom stereocenters. The second-order valence-corrected chi connectivity index (χ2v) is 6.61. The Morgan fingerprint density at radius 3 is 2.46 bits per heavy atom. The minimum Gasteiger partial charge on any atom is -0.394 e. The highest BCUT2D eigenvalue weighted by Gasteiger charge is 2.31. The van der Waals surface area contributed by atoms with Crippen LogP contribution < -0.4 is 16.0 Å². The molecule has 7 nitrogen and oxygen atoms in total. The van der Waals surface area contributed by atoms with Crippen molar-refractivity contribution < 1.29 is 32.6 Å². The average molecular weight is 403 g/mol. The molecule has 1 fully saturated rings. The maximum Gasteiger partial charge on any atom is 0.416 e. The van der Waals surface area contributed by atoms with E-state index in [0.717, 1.165) is 12.1 Å². The molecule has 1 aliphatic rings. The third-order valence-corrected chi connectivity index (χ3v) is 4.41. The van der Waals surface area contributed by atoms with Crippen LogP contribution in [0, 0.1) is 0 Å². The average Bonchev–Trinajstić information content (AvgIpc) is 2.62. The van der Waals surface area contributed by atoms with E-state index >= 15 is 0 Å². The van der Waals surface area contributed by atoms with Gasteiger partial charge in [0.2, 0.25) is 5.91 Å². The van der Waals surface area contributed by atoms with Gasteiger partial charge in [-0.25, -0.2) is 4.79 Å². The molecule has 156 valence electrons. The number of rotatable bonds is 6. The molecule has 1 aromatic carbocycles. The minimum atomic E-state index is -4.42. The quantitative estimate of drug-likeness (QED) is 0.586. The number of nitrogens with one attached hydrogen (secondary N) is 3. The third kappa shape index (κ3) is 6.68. The van der Waals surface area contributed by atoms with E-state index in [2.05, 4.69) is 16.0 Å². The molecular weight excluding hydrogens is 379 g/mol. The van der Waals surface area contributed by atoms with Crippen molar-refractivity contribution in [1.82, 2.24) is 10.6 Å². The highest BCUT2D eigenvalue weighted by atomic mass is 19.4. The number of alkyl halides is 3. The molecule has 1 saturated heterocycles. The Morgan fingerprint density at radius 1 is 1.21 bits per heavy atom. The number of ether oxygens (including phenoxy) is 1. The topological polar surface area (TPSA) is 99.7 Å². The van der Waals surface area contributed by atoms with Crippen molar-refractivity contribution >= 4 is 17.6 Å². The van der Waals surface area contributed by atoms with E-state index in [1.165, 1.54) is 19.1 Å². The summed E-state index contributed by atoms with van der Waals surface area (Å²) in [5.41, 5.74) is -0.540. The molecule has 0 bridgehead atoms. The number of carbonyl (C=O) groups is 2. The molecule has 0 spiro atoms. The molecule has 28 heavy (non-hydrogen) atoms. The summed E-state index contributed by atoms with van der Waals surface area (Å²) in [5.74, 6) is -0.188. The number of amides is 3. The summed E-state index contributed by atoms with van der Waals surface area (Å²) in [7, 11) is 0. The number of hydrogen-bond acceptors (Lipinski definition) is 4. The molecule has 3 amide bonds. The van der Waals surface area contributed by atoms with Gasteiger partial charge >= 0.3 is 12.2 Å². The van der Waals surface area contributed by atoms with Crippen LogP contribution in [0.2, 0.25) is 0 Å². The van der Waals surface area contributed by atoms with E-state index in [9.17, 15) is 27.9 Å². The van der Waals surface area contributed by atoms with E-state index in [0.29, 0.717) is 25.8 Å². The summed E-state index contributed by atoms with van der Waals surface area (Å²) in [6, 6.07) is 3.37. The molecule has 1 heterocycles. The first-order valence-electron chi connectivity index (χ1n) is 8.94. The fourth-order valence-electron chi connectivity index (χ4n) is 3.03. The van der Waals surface area contributed by atoms with Gasteiger partial charge in [-0.05, 0) is 43.5 Å². The van der Waals surface area contributed by atoms with Crippen molar-refractivity contribution in [3.05, 3.63) is 29.8 Å². The smallest absolute Gasteiger partial charge is 0.394 e. The lowest BCUT2D eigenvalue weighted by atomic mass is 9.97. The second kappa shape index (κ2) is 9.74. The Kier molecular flexibility index (Phi) is 7.64. The summed E-state index contributed by atoms with van der Waals surface area (Å²) < 4.78 is 43.3. The van der Waals surface area contributed by atoms with Crippen LogP contribution in [-0.4, -0.2) is 48.4 Å². The standard InChI is InChI=1S/C18H24F3N3O4/c1-11(26)23-15-7-6-14(28-16(15)10-25)8-9-22-17(27)24-13-4-2-12(3-5-13)18(19,20)21/h2-5,14-16,25H,6-10H2,1H3,(H,23,26)(H2,22,24,27)/t14-,15-,16+/m0/s1. The van der Waals surface area contributed by atoms with Crippen LogP contribution in [0.25, 0.3) is 0 Å². The molecule has 0 aliphatic carbocycles. The predicted molar refractivity (Wildman–Crippen MR) is 95.7 cm³/mol. The van der Waals surface area contributed by atoms with Crippen LogP contribution in [0.5, 0.6) is 0 Å². The van der Waals surface area contributed by atoms with Crippen LogP contribution in [0.3, 0.4) is 0 Å². The van der Waals surface area contributed by atoms with Crippen LogP contribution in [0.4, 0.5) is 23.7 Å². The van der Waals surface area contributed by atoms with Crippen molar-refractivity contribution in [1.29, 1.82) is 0 Å². The minimum absolute atomic E-state index is 0.173. The molecule has 4 N–H and O–H groups in total. The lowest BCUT2D eigenvalue weighted by molar-refractivity contribution is -0.137. The van der Waals surface area contributed by atoms with Crippen LogP contribution in [-0.2, 0) is 15.7 Å². The van der Waals surface area contributed by atoms with E-state index in [1.807, 2.05) is 0 Å². The number of aliphatic hydroxyl groups excluding tert-OH is 1. The third-order valence-electron chi connectivity index (χ3n) is 4.41. The van der Waals surface area contributed by atoms with Crippen LogP contribution in [0.1, 0.15) is 31.7 Å². The van der Waals surface area contributed by atoms with Crippen molar-refractivity contribution in [2.24, 2.45) is 0 Å². The molecule has 0 aromatic heterocycles. The largest absolute Gasteiger partial charge is 0.416 e. The van der Waals surface area contributed by atoms with Gasteiger partial charge in [0, 0.05) is 19.2 Å². The second-order valence-electron chi connectivity index (χ2n) is 6.61. The first-order chi connectivity index (χ1) is 13.2. The van der Waals surface area contributed by atoms with Crippen LogP contribution in [0.15, 0.2) is 24.3 Å². The van der Waals surface area contributed by atoms with Gasteiger partial charge in [0.05, 0.1) is 24.3 Å². The predicted octanol–water partition coefficient (Wildman–Crippen LogP) is 2.26. The van der Waals surface area contributed by atoms with Gasteiger partial charge in [-0.3, -0.25) is 4.79 Å². The highest BCUT2D eigenvalue weighted by Crippen LogP contribution is 2.29. The highest BCUT2D eigenvalue weighted by molar-refractivity contribution is 5.89. The molecule has 1 aromatic rings. The molecule has 0 saturated carbocycles. The van der Waals surface area contributed by atoms with Gasteiger partial charge in [-0.2, -0.15) is 13.2 Å². The van der Waals surface area contributed by atoms with Crippen molar-refractivity contribution in [3.63, 3.8) is 0 Å². The Balaban J connectivity index is 1.73. The molecule has 0 radical (unpaired) electrons. The SMILES string of the molecule is CC(=O)N[C@H]1CC[C@@H](CCNC(=O)Nc2ccc(C(F)(F)F)cc2)O[C@@H]1CO. The summed E-state index contributed by atoms with van der Waals surface area (Å²) in [6.07, 6.45) is -3.26. The maximum atomic E-state index is 12.5. The Hall–Kier alpha value is -2.33. The van der Waals surface area contributed by atoms with E-state index in [-0.39, 0.29) is 30.3 Å². The Bertz CT molecular complexity index is 667. The first-order valence-corrected chi connectivity index (χ1v) is 8.94. The number of halogens is 3. The summed E-state index contributed by atoms with van der Waals surface area (Å²) >= 11 is 0. The van der Waals surface area contributed by atoms with Gasteiger partial charge in [0.25, 0.3) is 0 Å². The summed E-state index contributed by atoms with van der Waals surface area (Å²) in [6.45, 7) is 1.48. The zero-order chi connectivity index (χ0) is 20.7. The monoisotopic (exact) mass is 403 g/mol. The maximum absolute atomic E-state index is 12.5. The Labute approximate surface area is 160 Å². The molecule has 10 heteroatoms. The van der Waals surface area contributed by atoms with Gasteiger partial charge in [0.1, 0.15) is 6.10 Å². The van der Waals surface area contributed by atoms with E-state index in [4.69, 9.17) is 4.74 Å². The van der Waals surface area contributed by atoms with Crippen LogP contribution >= 0.6 is 0 Å².